The summed E-state index contributed by atoms with van der Waals surface area (Å²) in [7, 11) is 1.56. The molecule has 2 saturated heterocycles. The summed E-state index contributed by atoms with van der Waals surface area (Å²) in [4.78, 5) is 45.8. The summed E-state index contributed by atoms with van der Waals surface area (Å²) in [5, 5.41) is 12.8. The van der Waals surface area contributed by atoms with Gasteiger partial charge in [-0.25, -0.2) is 9.37 Å². The minimum absolute atomic E-state index is 0.0229. The molecule has 4 aliphatic rings. The molecule has 0 unspecified atom stereocenters. The van der Waals surface area contributed by atoms with E-state index in [2.05, 4.69) is 40.1 Å². The van der Waals surface area contributed by atoms with Gasteiger partial charge in [-0.2, -0.15) is 0 Å². The number of ether oxygens (including phenoxy) is 2. The molecule has 47 heavy (non-hydrogen) atoms. The normalized spacial score (nSPS) is 30.6. The van der Waals surface area contributed by atoms with Crippen LogP contribution in [0.2, 0.25) is 10.2 Å². The molecule has 2 spiro atoms. The zero-order valence-electron chi connectivity index (χ0n) is 27.1. The first-order valence-corrected chi connectivity index (χ1v) is 16.9. The maximum Gasteiger partial charge on any atom is 0.252 e. The van der Waals surface area contributed by atoms with Gasteiger partial charge in [-0.1, -0.05) is 43.1 Å². The topological polar surface area (TPSA) is 131 Å². The quantitative estimate of drug-likeness (QED) is 0.246. The van der Waals surface area contributed by atoms with Crippen LogP contribution < -0.4 is 21.3 Å². The molecule has 254 valence electrons. The van der Waals surface area contributed by atoms with Gasteiger partial charge in [-0.3, -0.25) is 19.7 Å². The number of pyridine rings is 1. The summed E-state index contributed by atoms with van der Waals surface area (Å²) in [6.45, 7) is 6.99. The van der Waals surface area contributed by atoms with Crippen LogP contribution in [0.5, 0.6) is 0 Å². The van der Waals surface area contributed by atoms with E-state index in [9.17, 15) is 14.4 Å². The van der Waals surface area contributed by atoms with Gasteiger partial charge < -0.3 is 25.4 Å². The average Bonchev–Trinajstić information content (AvgIpc) is 3.49. The first-order chi connectivity index (χ1) is 22.3. The van der Waals surface area contributed by atoms with Gasteiger partial charge in [0.15, 0.2) is 11.0 Å². The standard InChI is InChI=1S/C34H42Cl2FN5O5/c1-31(2)10-12-33(13-11-31)34(22-6-5-19(35)17-23(22)41-30(34)45)24(21-8-14-38-27(36)25(21)37)26(42-33)28(43)40-20-7-9-32(3,47-18-20)29(44)39-15-16-46-4/h5-6,8,14,17,20,24,26,42H,7,9-13,15-16,18H2,1-4H3,(H,39,44)(H,40,43)(H,41,45)/t20-,24+,26-,32-,34-/m1/s1. The van der Waals surface area contributed by atoms with Crippen LogP contribution >= 0.6 is 23.2 Å². The van der Waals surface area contributed by atoms with Gasteiger partial charge in [0.1, 0.15) is 11.0 Å². The van der Waals surface area contributed by atoms with E-state index in [0.717, 1.165) is 12.8 Å². The Morgan fingerprint density at radius 2 is 1.87 bits per heavy atom. The number of fused-ring (bicyclic) bond motifs is 3. The summed E-state index contributed by atoms with van der Waals surface area (Å²) in [5.74, 6) is -2.69. The summed E-state index contributed by atoms with van der Waals surface area (Å²) in [6, 6.07) is 5.34. The number of halogens is 3. The number of hydrogen-bond donors (Lipinski definition) is 4. The SMILES string of the molecule is COCCNC(=O)[C@@]1(C)CC[C@@H](NC(=O)[C@@H]2NC3(CCC(C)(C)CC3)[C@@]3(C(=O)Nc4cc(Cl)ccc43)[C@H]2c2ccnc(Cl)c2F)CO1. The highest BCUT2D eigenvalue weighted by Crippen LogP contribution is 2.64. The Morgan fingerprint density at radius 3 is 2.55 bits per heavy atom. The van der Waals surface area contributed by atoms with Crippen molar-refractivity contribution in [2.75, 3.05) is 32.2 Å². The number of aromatic nitrogens is 1. The summed E-state index contributed by atoms with van der Waals surface area (Å²) < 4.78 is 27.2. The van der Waals surface area contributed by atoms with Crippen molar-refractivity contribution in [3.63, 3.8) is 0 Å². The number of anilines is 1. The number of carbonyl (C=O) groups excluding carboxylic acids is 3. The Balaban J connectivity index is 1.38. The Hall–Kier alpha value is -2.83. The van der Waals surface area contributed by atoms with Crippen molar-refractivity contribution in [1.82, 2.24) is 20.9 Å². The maximum absolute atomic E-state index is 16.1. The molecule has 3 amide bonds. The number of benzene rings is 1. The van der Waals surface area contributed by atoms with Gasteiger partial charge in [0.2, 0.25) is 11.8 Å². The van der Waals surface area contributed by atoms with Crippen LogP contribution in [0, 0.1) is 11.2 Å². The van der Waals surface area contributed by atoms with Crippen molar-refractivity contribution in [3.05, 3.63) is 57.6 Å². The fraction of sp³-hybridized carbons (Fsp3) is 0.588. The number of hydrogen-bond acceptors (Lipinski definition) is 7. The Morgan fingerprint density at radius 1 is 1.13 bits per heavy atom. The molecule has 0 bridgehead atoms. The van der Waals surface area contributed by atoms with Gasteiger partial charge in [-0.15, -0.1) is 0 Å². The van der Waals surface area contributed by atoms with E-state index in [1.54, 1.807) is 26.2 Å². The lowest BCUT2D eigenvalue weighted by molar-refractivity contribution is -0.153. The number of nitrogens with zero attached hydrogens (tertiary/aromatic N) is 1. The second-order valence-electron chi connectivity index (χ2n) is 14.3. The number of rotatable bonds is 7. The Labute approximate surface area is 284 Å². The molecular weight excluding hydrogens is 648 g/mol. The molecule has 1 saturated carbocycles. The monoisotopic (exact) mass is 689 g/mol. The fourth-order valence-corrected chi connectivity index (χ4v) is 8.59. The van der Waals surface area contributed by atoms with Crippen LogP contribution in [-0.4, -0.2) is 72.8 Å². The second kappa shape index (κ2) is 12.6. The number of amides is 3. The largest absolute Gasteiger partial charge is 0.383 e. The third-order valence-electron chi connectivity index (χ3n) is 10.9. The van der Waals surface area contributed by atoms with Gasteiger partial charge in [0, 0.05) is 42.0 Å². The fourth-order valence-electron chi connectivity index (χ4n) is 8.25. The van der Waals surface area contributed by atoms with Gasteiger partial charge >= 0.3 is 0 Å². The van der Waals surface area contributed by atoms with E-state index < -0.39 is 40.4 Å². The van der Waals surface area contributed by atoms with Gasteiger partial charge in [0.25, 0.3) is 5.91 Å². The third-order valence-corrected chi connectivity index (χ3v) is 11.4. The molecule has 1 aromatic carbocycles. The molecule has 4 N–H and O–H groups in total. The molecule has 5 atom stereocenters. The van der Waals surface area contributed by atoms with Crippen LogP contribution in [0.1, 0.15) is 76.3 Å². The molecule has 1 aromatic heterocycles. The first-order valence-electron chi connectivity index (χ1n) is 16.2. The molecule has 4 heterocycles. The van der Waals surface area contributed by atoms with Crippen molar-refractivity contribution < 1.29 is 28.2 Å². The highest BCUT2D eigenvalue weighted by atomic mass is 35.5. The van der Waals surface area contributed by atoms with E-state index >= 15 is 4.39 Å². The number of nitrogens with one attached hydrogen (secondary N) is 4. The Kier molecular flexibility index (Phi) is 9.10. The summed E-state index contributed by atoms with van der Waals surface area (Å²) in [5.41, 5.74) is -1.92. The lowest BCUT2D eigenvalue weighted by Gasteiger charge is -2.50. The summed E-state index contributed by atoms with van der Waals surface area (Å²) >= 11 is 12.6. The predicted octanol–water partition coefficient (Wildman–Crippen LogP) is 4.63. The zero-order chi connectivity index (χ0) is 33.8. The molecule has 6 rings (SSSR count). The van der Waals surface area contributed by atoms with E-state index in [1.807, 2.05) is 6.07 Å². The predicted molar refractivity (Wildman–Crippen MR) is 176 cm³/mol. The van der Waals surface area contributed by atoms with Crippen LogP contribution in [0.4, 0.5) is 10.1 Å². The van der Waals surface area contributed by atoms with Gasteiger partial charge in [0.05, 0.1) is 25.3 Å². The van der Waals surface area contributed by atoms with Crippen LogP contribution in [0.25, 0.3) is 0 Å². The summed E-state index contributed by atoms with van der Waals surface area (Å²) in [6.07, 6.45) is 5.02. The van der Waals surface area contributed by atoms with E-state index in [0.29, 0.717) is 55.1 Å². The highest BCUT2D eigenvalue weighted by molar-refractivity contribution is 6.31. The van der Waals surface area contributed by atoms with E-state index in [-0.39, 0.29) is 40.5 Å². The minimum Gasteiger partial charge on any atom is -0.383 e. The van der Waals surface area contributed by atoms with Crippen molar-refractivity contribution in [2.45, 2.75) is 93.9 Å². The van der Waals surface area contributed by atoms with Crippen molar-refractivity contribution in [2.24, 2.45) is 5.41 Å². The molecule has 3 aliphatic heterocycles. The molecule has 13 heteroatoms. The number of methoxy groups -OCH3 is 1. The molecular formula is C34H42Cl2FN5O5. The van der Waals surface area contributed by atoms with E-state index in [1.165, 1.54) is 12.3 Å². The smallest absolute Gasteiger partial charge is 0.252 e. The minimum atomic E-state index is -1.36. The van der Waals surface area contributed by atoms with E-state index in [4.69, 9.17) is 32.7 Å². The average molecular weight is 691 g/mol. The van der Waals surface area contributed by atoms with Crippen molar-refractivity contribution in [3.8, 4) is 0 Å². The molecule has 2 aromatic rings. The van der Waals surface area contributed by atoms with Crippen LogP contribution in [0.3, 0.4) is 0 Å². The maximum atomic E-state index is 16.1. The van der Waals surface area contributed by atoms with Gasteiger partial charge in [-0.05, 0) is 80.2 Å². The molecule has 0 radical (unpaired) electrons. The molecule has 3 fully saturated rings. The van der Waals surface area contributed by atoms with Crippen LogP contribution in [0.15, 0.2) is 30.5 Å². The molecule has 10 nitrogen and oxygen atoms in total. The lowest BCUT2D eigenvalue weighted by Crippen LogP contribution is -2.61. The lowest BCUT2D eigenvalue weighted by atomic mass is 9.53. The third kappa shape index (κ3) is 5.71. The van der Waals surface area contributed by atoms with Crippen LogP contribution in [-0.2, 0) is 29.3 Å². The first kappa shape index (κ1) is 34.0. The second-order valence-corrected chi connectivity index (χ2v) is 15.1. The number of carbonyl (C=O) groups is 3. The van der Waals surface area contributed by atoms with Crippen molar-refractivity contribution in [1.29, 1.82) is 0 Å². The zero-order valence-corrected chi connectivity index (χ0v) is 28.6. The van der Waals surface area contributed by atoms with Crippen molar-refractivity contribution >= 4 is 46.6 Å². The molecule has 1 aliphatic carbocycles. The Bertz CT molecular complexity index is 1570. The highest BCUT2D eigenvalue weighted by Gasteiger charge is 2.73.